The molecule has 0 aliphatic carbocycles. The van der Waals surface area contributed by atoms with E-state index in [0.717, 1.165) is 201 Å². The third kappa shape index (κ3) is 38.0. The highest BCUT2D eigenvalue weighted by molar-refractivity contribution is 5.52. The van der Waals surface area contributed by atoms with Crippen LogP contribution in [0.25, 0.3) is 0 Å². The number of piperidine rings is 8. The molecule has 8 saturated heterocycles. The number of aliphatic hydroxyl groups is 8. The quantitative estimate of drug-likeness (QED) is 0.0313. The highest BCUT2D eigenvalue weighted by Gasteiger charge is 2.39. The van der Waals surface area contributed by atoms with Gasteiger partial charge in [0, 0.05) is 170 Å². The SMILES string of the molecule is CC(C)c1ccc(N2CCC(F)C(O)C2)cn1.CC(C)c1ccc(N2CCCC(O)(CN(C)C)C2)cn1.CC(C)c1ccc(N2CCC[C@@H](O)C2)cn1.CC(C)c1ccc(N2CCC[C@@](O)(CN(C)C)C2)cn1.CC(C)c1ccc(N2CCC[C@H](O)C2)cn1.CC(C)c1ccc(N2CCC[C@](O)(CN(C)C)C2)cn1.CC(C)c1ccc(N2CC[C@@H](F)[C@@H](O)C2)cn1.CC(C)c1ccc(N2CC[C@H](F)[C@H](O)C2)cn1. The van der Waals surface area contributed by atoms with Crippen LogP contribution in [-0.4, -0.2) is 328 Å². The van der Waals surface area contributed by atoms with Gasteiger partial charge in [0.05, 0.1) is 124 Å². The summed E-state index contributed by atoms with van der Waals surface area (Å²) in [6.45, 7) is 47.8. The number of likely N-dealkylation sites (N-methyl/N-ethyl adjacent to an activating group) is 3. The first-order chi connectivity index (χ1) is 67.7. The van der Waals surface area contributed by atoms with Gasteiger partial charge in [-0.15, -0.1) is 0 Å². The van der Waals surface area contributed by atoms with Crippen molar-refractivity contribution in [2.75, 3.05) is 206 Å². The summed E-state index contributed by atoms with van der Waals surface area (Å²) in [6.07, 6.45) is 19.6. The maximum atomic E-state index is 13.1. The molecular weight excluding hydrogens is 1810 g/mol. The molecule has 0 saturated carbocycles. The Kier molecular flexibility index (Phi) is 46.6. The van der Waals surface area contributed by atoms with Crippen LogP contribution in [0.1, 0.15) is 287 Å². The second-order valence-electron chi connectivity index (χ2n) is 44.2. The van der Waals surface area contributed by atoms with Crippen LogP contribution in [0, 0.1) is 0 Å². The minimum absolute atomic E-state index is 0.182. The molecule has 0 amide bonds. The third-order valence-corrected chi connectivity index (χ3v) is 27.6. The molecule has 11 atom stereocenters. The number of rotatable bonds is 22. The van der Waals surface area contributed by atoms with Crippen molar-refractivity contribution < 1.29 is 54.0 Å². The normalized spacial score (nSPS) is 23.8. The summed E-state index contributed by atoms with van der Waals surface area (Å²) < 4.78 is 39.4. The zero-order valence-corrected chi connectivity index (χ0v) is 90.4. The van der Waals surface area contributed by atoms with Crippen molar-refractivity contribution in [2.24, 2.45) is 0 Å². The highest BCUT2D eigenvalue weighted by Crippen LogP contribution is 2.35. The summed E-state index contributed by atoms with van der Waals surface area (Å²) in [4.78, 5) is 59.0. The zero-order valence-electron chi connectivity index (χ0n) is 90.4. The summed E-state index contributed by atoms with van der Waals surface area (Å²) in [5.41, 5.74) is 15.4. The topological polar surface area (TPSA) is 301 Å². The van der Waals surface area contributed by atoms with E-state index in [2.05, 4.69) is 251 Å². The molecule has 16 heterocycles. The lowest BCUT2D eigenvalue weighted by molar-refractivity contribution is 0.00324. The lowest BCUT2D eigenvalue weighted by Crippen LogP contribution is -2.53. The Labute approximate surface area is 854 Å². The number of β-amino-alcohol motifs (C(OH)–C–C–N with tert-alkyl or cyclic N) is 8. The molecule has 27 nitrogen and oxygen atoms in total. The van der Waals surface area contributed by atoms with Crippen LogP contribution in [0.3, 0.4) is 0 Å². The summed E-state index contributed by atoms with van der Waals surface area (Å²) in [6, 6.07) is 33.0. The van der Waals surface area contributed by atoms with E-state index in [9.17, 15) is 54.0 Å². The predicted molar refractivity (Wildman–Crippen MR) is 580 cm³/mol. The maximum absolute atomic E-state index is 13.1. The minimum Gasteiger partial charge on any atom is -0.391 e. The van der Waals surface area contributed by atoms with Crippen LogP contribution in [0.5, 0.6) is 0 Å². The summed E-state index contributed by atoms with van der Waals surface area (Å²) in [5, 5.41) is 79.9. The molecule has 8 N–H and O–H groups in total. The number of aromatic nitrogens is 8. The van der Waals surface area contributed by atoms with Crippen LogP contribution in [-0.2, 0) is 0 Å². The molecule has 8 aromatic rings. The van der Waals surface area contributed by atoms with Gasteiger partial charge in [-0.25, -0.2) is 13.2 Å². The molecule has 794 valence electrons. The van der Waals surface area contributed by atoms with Crippen molar-refractivity contribution in [3.63, 3.8) is 0 Å². The van der Waals surface area contributed by atoms with E-state index in [-0.39, 0.29) is 12.2 Å². The lowest BCUT2D eigenvalue weighted by atomic mass is 9.92. The van der Waals surface area contributed by atoms with Gasteiger partial charge in [0.2, 0.25) is 0 Å². The molecule has 8 aliphatic rings. The average Bonchev–Trinajstić information content (AvgIpc) is 0.815. The van der Waals surface area contributed by atoms with Crippen molar-refractivity contribution in [2.45, 2.75) is 307 Å². The number of hydrogen-bond acceptors (Lipinski definition) is 27. The molecule has 0 bridgehead atoms. The van der Waals surface area contributed by atoms with E-state index < -0.39 is 53.6 Å². The average molecular weight is 1990 g/mol. The third-order valence-electron chi connectivity index (χ3n) is 27.6. The van der Waals surface area contributed by atoms with E-state index in [1.54, 1.807) is 18.6 Å². The second-order valence-corrected chi connectivity index (χ2v) is 44.2. The van der Waals surface area contributed by atoms with Gasteiger partial charge in [-0.1, -0.05) is 111 Å². The second kappa shape index (κ2) is 56.8. The first-order valence-corrected chi connectivity index (χ1v) is 52.9. The molecule has 3 unspecified atom stereocenters. The van der Waals surface area contributed by atoms with Crippen molar-refractivity contribution >= 4 is 45.5 Å². The summed E-state index contributed by atoms with van der Waals surface area (Å²) in [5.74, 6) is 3.54. The number of aliphatic hydroxyl groups excluding tert-OH is 5. The number of anilines is 8. The van der Waals surface area contributed by atoms with Crippen molar-refractivity contribution in [3.05, 3.63) is 192 Å². The molecule has 30 heteroatoms. The van der Waals surface area contributed by atoms with E-state index in [1.807, 2.05) is 124 Å². The van der Waals surface area contributed by atoms with Crippen LogP contribution in [0.4, 0.5) is 58.7 Å². The van der Waals surface area contributed by atoms with Crippen LogP contribution in [0.15, 0.2) is 147 Å². The van der Waals surface area contributed by atoms with E-state index in [4.69, 9.17) is 0 Å². The smallest absolute Gasteiger partial charge is 0.129 e. The Morgan fingerprint density at radius 2 is 0.434 bits per heavy atom. The molecular formula is C113H178F3N19O8. The predicted octanol–water partition coefficient (Wildman–Crippen LogP) is 17.0. The standard InChI is InChI=1S/3C16H27N3O.3C13H19FN2O.2C13H20N2O/c3*1-13(2)15-7-6-14(10-17-15)19-9-5-8-16(20,12-19)11-18(3)4;3*1-9(2)12-4-3-10(7-15-12)16-6-5-11(14)13(17)8-16;2*1-10(2)13-6-5-11(8-14-13)15-7-3-4-12(16)9-15/h3*6-7,10,13,20H,5,8-9,11-12H2,1-4H3;3*3-4,7,9,11,13,17H,5-6,8H2,1-2H3;2*5-6,8,10,12,16H,3-4,7,9H2,1-2H3/t2*16-;;2*11-,13+;;2*12-/m10.10.10/s1. The van der Waals surface area contributed by atoms with E-state index >= 15 is 0 Å². The van der Waals surface area contributed by atoms with Crippen LogP contribution >= 0.6 is 0 Å². The number of nitrogens with zero attached hydrogens (tertiary/aromatic N) is 19. The first-order valence-electron chi connectivity index (χ1n) is 52.9. The van der Waals surface area contributed by atoms with Gasteiger partial charge in [0.1, 0.15) is 36.8 Å². The van der Waals surface area contributed by atoms with E-state index in [0.29, 0.717) is 145 Å². The number of pyridine rings is 8. The molecule has 8 aromatic heterocycles. The highest BCUT2D eigenvalue weighted by atomic mass is 19.1. The molecule has 8 aliphatic heterocycles. The Balaban J connectivity index is 0.000000182. The number of alkyl halides is 3. The number of hydrogen-bond donors (Lipinski definition) is 8. The Hall–Kier alpha value is -9.05. The molecule has 0 spiro atoms. The Morgan fingerprint density at radius 3 is 0.587 bits per heavy atom. The van der Waals surface area contributed by atoms with Crippen molar-refractivity contribution in [1.82, 2.24) is 54.6 Å². The van der Waals surface area contributed by atoms with Gasteiger partial charge in [0.15, 0.2) is 0 Å². The lowest BCUT2D eigenvalue weighted by Gasteiger charge is -2.41. The van der Waals surface area contributed by atoms with Gasteiger partial charge in [0.25, 0.3) is 0 Å². The van der Waals surface area contributed by atoms with Crippen molar-refractivity contribution in [3.8, 4) is 0 Å². The largest absolute Gasteiger partial charge is 0.391 e. The van der Waals surface area contributed by atoms with Gasteiger partial charge in [-0.05, 0) is 270 Å². The molecule has 143 heavy (non-hydrogen) atoms. The van der Waals surface area contributed by atoms with E-state index in [1.165, 1.54) is 0 Å². The van der Waals surface area contributed by atoms with Gasteiger partial charge in [-0.3, -0.25) is 39.9 Å². The fourth-order valence-corrected chi connectivity index (χ4v) is 19.4. The van der Waals surface area contributed by atoms with Crippen molar-refractivity contribution in [1.29, 1.82) is 0 Å². The molecule has 0 aromatic carbocycles. The van der Waals surface area contributed by atoms with Gasteiger partial charge >= 0.3 is 0 Å². The summed E-state index contributed by atoms with van der Waals surface area (Å²) in [7, 11) is 12.1. The maximum Gasteiger partial charge on any atom is 0.129 e. The fraction of sp³-hybridized carbons (Fsp3) is 0.646. The fourth-order valence-electron chi connectivity index (χ4n) is 19.4. The van der Waals surface area contributed by atoms with Gasteiger partial charge in [-0.2, -0.15) is 0 Å². The molecule has 8 fully saturated rings. The number of halogens is 3. The minimum atomic E-state index is -1.09. The Morgan fingerprint density at radius 1 is 0.259 bits per heavy atom. The Bertz CT molecular complexity index is 4450. The summed E-state index contributed by atoms with van der Waals surface area (Å²) >= 11 is 0. The van der Waals surface area contributed by atoms with Crippen LogP contribution < -0.4 is 39.2 Å². The zero-order chi connectivity index (χ0) is 105. The molecule has 0 radical (unpaired) electrons. The van der Waals surface area contributed by atoms with Crippen LogP contribution in [0.2, 0.25) is 0 Å². The molecule has 16 rings (SSSR count). The first kappa shape index (κ1) is 118. The van der Waals surface area contributed by atoms with Gasteiger partial charge < -0.3 is 94.8 Å². The monoisotopic (exact) mass is 1990 g/mol.